The first-order valence-electron chi connectivity index (χ1n) is 8.14. The van der Waals surface area contributed by atoms with E-state index in [1.54, 1.807) is 25.1 Å². The molecule has 26 heavy (non-hydrogen) atoms. The Morgan fingerprint density at radius 1 is 1.12 bits per heavy atom. The van der Waals surface area contributed by atoms with Gasteiger partial charge in [-0.2, -0.15) is 13.2 Å². The zero-order valence-electron chi connectivity index (χ0n) is 14.3. The van der Waals surface area contributed by atoms with E-state index in [0.29, 0.717) is 23.6 Å². The fourth-order valence-electron chi connectivity index (χ4n) is 2.43. The Kier molecular flexibility index (Phi) is 6.55. The average molecular weight is 388 g/mol. The number of aliphatic hydroxyl groups excluding tert-OH is 1. The van der Waals surface area contributed by atoms with Crippen molar-refractivity contribution in [3.05, 3.63) is 58.6 Å². The Labute approximate surface area is 155 Å². The molecule has 0 aromatic heterocycles. The number of halogens is 4. The standard InChI is InChI=1S/C19H21ClF3NO2/c1-18(24,12-25)9-3-4-13-7-8-16(11-17(13)20)26-15-6-2-5-14(10-15)19(21,22)23/h2,5-8,10-11,25H,3-4,9,12,24H2,1H3/t18-/m1/s1. The highest BCUT2D eigenvalue weighted by atomic mass is 35.5. The zero-order chi connectivity index (χ0) is 19.4. The van der Waals surface area contributed by atoms with Crippen LogP contribution in [0.4, 0.5) is 13.2 Å². The van der Waals surface area contributed by atoms with Crippen molar-refractivity contribution in [3.8, 4) is 11.5 Å². The Bertz CT molecular complexity index is 748. The molecule has 2 aromatic rings. The molecule has 0 aliphatic carbocycles. The quantitative estimate of drug-likeness (QED) is 0.688. The number of aryl methyl sites for hydroxylation is 1. The molecular formula is C19H21ClF3NO2. The van der Waals surface area contributed by atoms with Crippen LogP contribution in [-0.4, -0.2) is 17.3 Å². The maximum atomic E-state index is 12.8. The summed E-state index contributed by atoms with van der Waals surface area (Å²) >= 11 is 6.24. The second kappa shape index (κ2) is 8.29. The maximum absolute atomic E-state index is 12.8. The summed E-state index contributed by atoms with van der Waals surface area (Å²) in [6.07, 6.45) is -2.36. The molecule has 0 fully saturated rings. The molecule has 0 heterocycles. The number of rotatable bonds is 7. The average Bonchev–Trinajstić information content (AvgIpc) is 2.56. The van der Waals surface area contributed by atoms with E-state index in [-0.39, 0.29) is 12.4 Å². The summed E-state index contributed by atoms with van der Waals surface area (Å²) in [4.78, 5) is 0. The minimum atomic E-state index is -4.42. The van der Waals surface area contributed by atoms with Crippen LogP contribution in [0, 0.1) is 0 Å². The molecule has 0 amide bonds. The van der Waals surface area contributed by atoms with Gasteiger partial charge in [0.25, 0.3) is 0 Å². The first-order chi connectivity index (χ1) is 12.1. The lowest BCUT2D eigenvalue weighted by molar-refractivity contribution is -0.137. The Morgan fingerprint density at radius 2 is 1.81 bits per heavy atom. The van der Waals surface area contributed by atoms with Gasteiger partial charge >= 0.3 is 6.18 Å². The molecule has 0 saturated carbocycles. The van der Waals surface area contributed by atoms with Gasteiger partial charge in [0, 0.05) is 10.6 Å². The Morgan fingerprint density at radius 3 is 2.42 bits per heavy atom. The third-order valence-corrected chi connectivity index (χ3v) is 4.33. The van der Waals surface area contributed by atoms with E-state index in [1.807, 2.05) is 0 Å². The van der Waals surface area contributed by atoms with Crippen LogP contribution in [0.1, 0.15) is 30.9 Å². The van der Waals surface area contributed by atoms with Crippen molar-refractivity contribution >= 4 is 11.6 Å². The molecule has 3 nitrogen and oxygen atoms in total. The van der Waals surface area contributed by atoms with E-state index < -0.39 is 17.3 Å². The van der Waals surface area contributed by atoms with Crippen LogP contribution in [-0.2, 0) is 12.6 Å². The SMILES string of the molecule is C[C@](N)(CO)CCCc1ccc(Oc2cccc(C(F)(F)F)c2)cc1Cl. The molecule has 7 heteroatoms. The van der Waals surface area contributed by atoms with E-state index >= 15 is 0 Å². The Hall–Kier alpha value is -1.76. The molecule has 3 N–H and O–H groups in total. The highest BCUT2D eigenvalue weighted by molar-refractivity contribution is 6.31. The van der Waals surface area contributed by atoms with E-state index in [0.717, 1.165) is 24.1 Å². The van der Waals surface area contributed by atoms with Crippen LogP contribution >= 0.6 is 11.6 Å². The van der Waals surface area contributed by atoms with Gasteiger partial charge in [-0.05, 0) is 62.1 Å². The van der Waals surface area contributed by atoms with Crippen LogP contribution in [0.25, 0.3) is 0 Å². The van der Waals surface area contributed by atoms with Gasteiger partial charge in [-0.25, -0.2) is 0 Å². The maximum Gasteiger partial charge on any atom is 0.416 e. The molecular weight excluding hydrogens is 367 g/mol. The molecule has 2 rings (SSSR count). The van der Waals surface area contributed by atoms with Gasteiger partial charge < -0.3 is 15.6 Å². The molecule has 0 aliphatic rings. The normalized spacial score (nSPS) is 14.1. The van der Waals surface area contributed by atoms with Crippen molar-refractivity contribution in [2.45, 2.75) is 37.9 Å². The molecule has 0 radical (unpaired) electrons. The third kappa shape index (κ3) is 5.90. The fourth-order valence-corrected chi connectivity index (χ4v) is 2.69. The van der Waals surface area contributed by atoms with E-state index in [1.165, 1.54) is 12.1 Å². The summed E-state index contributed by atoms with van der Waals surface area (Å²) in [5.41, 5.74) is 5.38. The lowest BCUT2D eigenvalue weighted by Gasteiger charge is -2.21. The number of hydrogen-bond donors (Lipinski definition) is 2. The highest BCUT2D eigenvalue weighted by Crippen LogP contribution is 2.33. The minimum Gasteiger partial charge on any atom is -0.457 e. The Balaban J connectivity index is 2.03. The van der Waals surface area contributed by atoms with E-state index in [2.05, 4.69) is 0 Å². The topological polar surface area (TPSA) is 55.5 Å². The number of aliphatic hydroxyl groups is 1. The number of alkyl halides is 3. The molecule has 1 atom stereocenters. The smallest absolute Gasteiger partial charge is 0.416 e. The van der Waals surface area contributed by atoms with Crippen LogP contribution < -0.4 is 10.5 Å². The third-order valence-electron chi connectivity index (χ3n) is 3.98. The number of hydrogen-bond acceptors (Lipinski definition) is 3. The molecule has 2 aromatic carbocycles. The molecule has 0 aliphatic heterocycles. The minimum absolute atomic E-state index is 0.0884. The fraction of sp³-hybridized carbons (Fsp3) is 0.368. The van der Waals surface area contributed by atoms with Gasteiger partial charge in [-0.15, -0.1) is 0 Å². The van der Waals surface area contributed by atoms with Gasteiger partial charge in [0.15, 0.2) is 0 Å². The summed E-state index contributed by atoms with van der Waals surface area (Å²) in [5, 5.41) is 9.62. The summed E-state index contributed by atoms with van der Waals surface area (Å²) in [7, 11) is 0. The van der Waals surface area contributed by atoms with Crippen molar-refractivity contribution in [1.82, 2.24) is 0 Å². The van der Waals surface area contributed by atoms with Gasteiger partial charge in [0.05, 0.1) is 12.2 Å². The van der Waals surface area contributed by atoms with Crippen molar-refractivity contribution in [2.75, 3.05) is 6.61 Å². The van der Waals surface area contributed by atoms with Crippen LogP contribution in [0.3, 0.4) is 0 Å². The van der Waals surface area contributed by atoms with Crippen molar-refractivity contribution in [1.29, 1.82) is 0 Å². The van der Waals surface area contributed by atoms with Crippen LogP contribution in [0.2, 0.25) is 5.02 Å². The van der Waals surface area contributed by atoms with Crippen LogP contribution in [0.15, 0.2) is 42.5 Å². The zero-order valence-corrected chi connectivity index (χ0v) is 15.1. The second-order valence-corrected chi connectivity index (χ2v) is 6.95. The molecule has 0 unspecified atom stereocenters. The number of benzene rings is 2. The lowest BCUT2D eigenvalue weighted by atomic mass is 9.95. The lowest BCUT2D eigenvalue weighted by Crippen LogP contribution is -2.40. The summed E-state index contributed by atoms with van der Waals surface area (Å²) in [5.74, 6) is 0.447. The summed E-state index contributed by atoms with van der Waals surface area (Å²) in [6.45, 7) is 1.69. The van der Waals surface area contributed by atoms with Gasteiger partial charge in [0.1, 0.15) is 11.5 Å². The highest BCUT2D eigenvalue weighted by Gasteiger charge is 2.30. The monoisotopic (exact) mass is 387 g/mol. The second-order valence-electron chi connectivity index (χ2n) is 6.55. The van der Waals surface area contributed by atoms with E-state index in [9.17, 15) is 13.2 Å². The molecule has 0 spiro atoms. The van der Waals surface area contributed by atoms with Crippen molar-refractivity contribution < 1.29 is 23.0 Å². The van der Waals surface area contributed by atoms with Crippen LogP contribution in [0.5, 0.6) is 11.5 Å². The summed E-state index contributed by atoms with van der Waals surface area (Å²) < 4.78 is 43.7. The summed E-state index contributed by atoms with van der Waals surface area (Å²) in [6, 6.07) is 9.69. The van der Waals surface area contributed by atoms with Gasteiger partial charge in [-0.3, -0.25) is 0 Å². The largest absolute Gasteiger partial charge is 0.457 e. The predicted octanol–water partition coefficient (Wildman–Crippen LogP) is 5.18. The number of nitrogens with two attached hydrogens (primary N) is 1. The molecule has 142 valence electrons. The predicted molar refractivity (Wildman–Crippen MR) is 95.6 cm³/mol. The molecule has 0 saturated heterocycles. The van der Waals surface area contributed by atoms with Crippen molar-refractivity contribution in [3.63, 3.8) is 0 Å². The van der Waals surface area contributed by atoms with Crippen molar-refractivity contribution in [2.24, 2.45) is 5.73 Å². The van der Waals surface area contributed by atoms with E-state index in [4.69, 9.17) is 27.2 Å². The first kappa shape index (κ1) is 20.6. The van der Waals surface area contributed by atoms with Gasteiger partial charge in [-0.1, -0.05) is 23.7 Å². The first-order valence-corrected chi connectivity index (χ1v) is 8.52. The molecule has 0 bridgehead atoms. The van der Waals surface area contributed by atoms with Gasteiger partial charge in [0.2, 0.25) is 0 Å². The number of ether oxygens (including phenoxy) is 1.